The molecule has 1 fully saturated rings. The van der Waals surface area contributed by atoms with Crippen LogP contribution in [-0.2, 0) is 21.4 Å². The van der Waals surface area contributed by atoms with E-state index >= 15 is 0 Å². The average Bonchev–Trinajstić information content (AvgIpc) is 3.09. The van der Waals surface area contributed by atoms with E-state index in [1.165, 1.54) is 18.2 Å². The molecule has 2 N–H and O–H groups in total. The Morgan fingerprint density at radius 3 is 2.69 bits per heavy atom. The number of nitro benzene ring substituents is 1. The van der Waals surface area contributed by atoms with E-state index in [0.29, 0.717) is 0 Å². The van der Waals surface area contributed by atoms with E-state index in [9.17, 15) is 28.4 Å². The van der Waals surface area contributed by atoms with E-state index in [1.54, 1.807) is 0 Å². The van der Waals surface area contributed by atoms with Gasteiger partial charge < -0.3 is 10.4 Å². The molecule has 1 saturated heterocycles. The third-order valence-electron chi connectivity index (χ3n) is 4.72. The van der Waals surface area contributed by atoms with Gasteiger partial charge in [0.05, 0.1) is 15.9 Å². The van der Waals surface area contributed by atoms with Gasteiger partial charge in [0.15, 0.2) is 0 Å². The molecule has 9 nitrogen and oxygen atoms in total. The number of carbonyl (C=O) groups is 1. The zero-order valence-corrected chi connectivity index (χ0v) is 16.5. The zero-order chi connectivity index (χ0) is 21.2. The van der Waals surface area contributed by atoms with Crippen LogP contribution in [0, 0.1) is 17.0 Å². The summed E-state index contributed by atoms with van der Waals surface area (Å²) in [7, 11) is -4.20. The SMILES string of the molecule is Cc1cccc(CNC(=O)[C@@H]2C[C@@H](O)CN2S(=O)(=O)c2cccc([N+](=O)[O-])c2)c1. The topological polar surface area (TPSA) is 130 Å². The van der Waals surface area contributed by atoms with Crippen molar-refractivity contribution in [2.75, 3.05) is 6.54 Å². The molecule has 0 radical (unpaired) electrons. The number of nitrogens with one attached hydrogen (secondary N) is 1. The van der Waals surface area contributed by atoms with Crippen molar-refractivity contribution in [1.29, 1.82) is 0 Å². The van der Waals surface area contributed by atoms with Crippen molar-refractivity contribution in [2.24, 2.45) is 0 Å². The number of nitro groups is 1. The Labute approximate surface area is 168 Å². The highest BCUT2D eigenvalue weighted by Crippen LogP contribution is 2.28. The number of aryl methyl sites for hydroxylation is 1. The van der Waals surface area contributed by atoms with E-state index in [0.717, 1.165) is 21.5 Å². The number of hydrogen-bond donors (Lipinski definition) is 2. The van der Waals surface area contributed by atoms with Crippen LogP contribution < -0.4 is 5.32 Å². The molecular weight excluding hydrogens is 398 g/mol. The first-order chi connectivity index (χ1) is 13.7. The Kier molecular flexibility index (Phi) is 5.96. The highest BCUT2D eigenvalue weighted by Gasteiger charge is 2.43. The fourth-order valence-corrected chi connectivity index (χ4v) is 4.99. The molecule has 29 heavy (non-hydrogen) atoms. The maximum atomic E-state index is 13.0. The number of non-ortho nitro benzene ring substituents is 1. The standard InChI is InChI=1S/C19H21N3O6S/c1-13-4-2-5-14(8-13)11-20-19(24)18-10-16(23)12-21(18)29(27,28)17-7-3-6-15(9-17)22(25)26/h2-9,16,18,23H,10-12H2,1H3,(H,20,24)/t16-,18+/m1/s1. The minimum absolute atomic E-state index is 0.0478. The highest BCUT2D eigenvalue weighted by molar-refractivity contribution is 7.89. The molecule has 1 aliphatic rings. The summed E-state index contributed by atoms with van der Waals surface area (Å²) in [6.07, 6.45) is -1.05. The summed E-state index contributed by atoms with van der Waals surface area (Å²) in [5.74, 6) is -0.530. The van der Waals surface area contributed by atoms with Crippen molar-refractivity contribution in [3.05, 3.63) is 69.8 Å². The van der Waals surface area contributed by atoms with Crippen LogP contribution in [0.25, 0.3) is 0 Å². The second kappa shape index (κ2) is 8.27. The molecule has 1 amide bonds. The summed E-state index contributed by atoms with van der Waals surface area (Å²) in [6, 6.07) is 11.1. The molecule has 0 aliphatic carbocycles. The van der Waals surface area contributed by atoms with Gasteiger partial charge in [0.2, 0.25) is 15.9 Å². The number of amides is 1. The van der Waals surface area contributed by atoms with Crippen molar-refractivity contribution in [2.45, 2.75) is 36.9 Å². The first-order valence-electron chi connectivity index (χ1n) is 8.96. The normalized spacial score (nSPS) is 19.8. The summed E-state index contributed by atoms with van der Waals surface area (Å²) < 4.78 is 26.9. The van der Waals surface area contributed by atoms with Gasteiger partial charge in [-0.3, -0.25) is 14.9 Å². The maximum absolute atomic E-state index is 13.0. The van der Waals surface area contributed by atoms with E-state index in [4.69, 9.17) is 0 Å². The van der Waals surface area contributed by atoms with Crippen molar-refractivity contribution < 1.29 is 23.2 Å². The number of carbonyl (C=O) groups excluding carboxylic acids is 1. The predicted octanol–water partition coefficient (Wildman–Crippen LogP) is 1.34. The average molecular weight is 419 g/mol. The van der Waals surface area contributed by atoms with Crippen LogP contribution in [-0.4, -0.2) is 47.4 Å². The minimum atomic E-state index is -4.20. The molecule has 0 unspecified atom stereocenters. The van der Waals surface area contributed by atoms with Crippen LogP contribution in [0.3, 0.4) is 0 Å². The molecular formula is C19H21N3O6S. The van der Waals surface area contributed by atoms with Gasteiger partial charge in [0.25, 0.3) is 5.69 Å². The van der Waals surface area contributed by atoms with E-state index in [1.807, 2.05) is 31.2 Å². The smallest absolute Gasteiger partial charge is 0.270 e. The second-order valence-corrected chi connectivity index (χ2v) is 8.83. The van der Waals surface area contributed by atoms with Crippen molar-refractivity contribution in [3.63, 3.8) is 0 Å². The number of aliphatic hydroxyl groups excluding tert-OH is 1. The summed E-state index contributed by atoms with van der Waals surface area (Å²) in [5.41, 5.74) is 1.53. The molecule has 0 spiro atoms. The molecule has 1 aliphatic heterocycles. The number of hydrogen-bond acceptors (Lipinski definition) is 6. The van der Waals surface area contributed by atoms with Crippen LogP contribution >= 0.6 is 0 Å². The number of sulfonamides is 1. The van der Waals surface area contributed by atoms with Gasteiger partial charge in [-0.25, -0.2) is 8.42 Å². The Balaban J connectivity index is 1.81. The second-order valence-electron chi connectivity index (χ2n) is 6.94. The quantitative estimate of drug-likeness (QED) is 0.537. The van der Waals surface area contributed by atoms with E-state index in [-0.39, 0.29) is 30.1 Å². The number of rotatable bonds is 6. The first-order valence-corrected chi connectivity index (χ1v) is 10.4. The molecule has 1 heterocycles. The maximum Gasteiger partial charge on any atom is 0.270 e. The highest BCUT2D eigenvalue weighted by atomic mass is 32.2. The monoisotopic (exact) mass is 419 g/mol. The largest absolute Gasteiger partial charge is 0.392 e. The molecule has 154 valence electrons. The van der Waals surface area contributed by atoms with Gasteiger partial charge >= 0.3 is 0 Å². The van der Waals surface area contributed by atoms with Gasteiger partial charge in [0.1, 0.15) is 6.04 Å². The lowest BCUT2D eigenvalue weighted by Gasteiger charge is -2.23. The first kappa shape index (κ1) is 20.9. The van der Waals surface area contributed by atoms with E-state index < -0.39 is 33.0 Å². The van der Waals surface area contributed by atoms with Crippen LogP contribution in [0.4, 0.5) is 5.69 Å². The number of aliphatic hydroxyl groups is 1. The zero-order valence-electron chi connectivity index (χ0n) is 15.7. The Bertz CT molecular complexity index is 1040. The molecule has 3 rings (SSSR count). The van der Waals surface area contributed by atoms with Crippen molar-refractivity contribution in [3.8, 4) is 0 Å². The van der Waals surface area contributed by atoms with Crippen molar-refractivity contribution >= 4 is 21.6 Å². The van der Waals surface area contributed by atoms with Gasteiger partial charge in [0, 0.05) is 31.6 Å². The summed E-state index contributed by atoms with van der Waals surface area (Å²) in [6.45, 7) is 1.89. The van der Waals surface area contributed by atoms with Crippen molar-refractivity contribution in [1.82, 2.24) is 9.62 Å². The molecule has 0 aromatic heterocycles. The van der Waals surface area contributed by atoms with Gasteiger partial charge in [-0.2, -0.15) is 4.31 Å². The fraction of sp³-hybridized carbons (Fsp3) is 0.316. The third-order valence-corrected chi connectivity index (χ3v) is 6.59. The number of benzene rings is 2. The lowest BCUT2D eigenvalue weighted by molar-refractivity contribution is -0.385. The number of β-amino-alcohol motifs (C(OH)–C–C–N with tert-alkyl or cyclic N) is 1. The van der Waals surface area contributed by atoms with Crippen LogP contribution in [0.15, 0.2) is 53.4 Å². The summed E-state index contributed by atoms with van der Waals surface area (Å²) >= 11 is 0. The molecule has 2 aromatic carbocycles. The number of nitrogens with zero attached hydrogens (tertiary/aromatic N) is 2. The van der Waals surface area contributed by atoms with E-state index in [2.05, 4.69) is 5.32 Å². The third kappa shape index (κ3) is 4.61. The van der Waals surface area contributed by atoms with Gasteiger partial charge in [-0.15, -0.1) is 0 Å². The Hall–Kier alpha value is -2.82. The van der Waals surface area contributed by atoms with Crippen LogP contribution in [0.5, 0.6) is 0 Å². The summed E-state index contributed by atoms with van der Waals surface area (Å²) in [4.78, 5) is 22.7. The fourth-order valence-electron chi connectivity index (χ4n) is 3.31. The molecule has 2 aromatic rings. The molecule has 2 atom stereocenters. The van der Waals surface area contributed by atoms with Gasteiger partial charge in [-0.1, -0.05) is 35.9 Å². The predicted molar refractivity (Wildman–Crippen MR) is 104 cm³/mol. The molecule has 0 bridgehead atoms. The Morgan fingerprint density at radius 2 is 2.00 bits per heavy atom. The summed E-state index contributed by atoms with van der Waals surface area (Å²) in [5, 5.41) is 23.7. The van der Waals surface area contributed by atoms with Crippen LogP contribution in [0.1, 0.15) is 17.5 Å². The minimum Gasteiger partial charge on any atom is -0.392 e. The lowest BCUT2D eigenvalue weighted by atomic mass is 10.1. The lowest BCUT2D eigenvalue weighted by Crippen LogP contribution is -2.45. The van der Waals surface area contributed by atoms with Gasteiger partial charge in [-0.05, 0) is 18.6 Å². The molecule has 0 saturated carbocycles. The van der Waals surface area contributed by atoms with Crippen LogP contribution in [0.2, 0.25) is 0 Å². The Morgan fingerprint density at radius 1 is 1.28 bits per heavy atom. The molecule has 10 heteroatoms.